The monoisotopic (exact) mass is 214 g/mol. The number of aryl methyl sites for hydroxylation is 1. The van der Waals surface area contributed by atoms with Gasteiger partial charge in [0.15, 0.2) is 0 Å². The van der Waals surface area contributed by atoms with E-state index in [9.17, 15) is 0 Å². The first-order valence-electron chi connectivity index (χ1n) is 4.66. The van der Waals surface area contributed by atoms with E-state index in [4.69, 9.17) is 21.4 Å². The third-order valence-electron chi connectivity index (χ3n) is 1.88. The number of aliphatic hydroxyl groups excluding tert-OH is 1. The average Bonchev–Trinajstić information content (AvgIpc) is 2.08. The van der Waals surface area contributed by atoms with Crippen LogP contribution in [0.25, 0.3) is 0 Å². The van der Waals surface area contributed by atoms with Crippen LogP contribution in [0.4, 0.5) is 0 Å². The molecule has 78 valence electrons. The molecular formula is C11H15ClO2. The van der Waals surface area contributed by atoms with Crippen molar-refractivity contribution in [2.24, 2.45) is 0 Å². The zero-order valence-electron chi connectivity index (χ0n) is 8.46. The highest BCUT2D eigenvalue weighted by Crippen LogP contribution is 2.25. The predicted octanol–water partition coefficient (Wildman–Crippen LogP) is 2.80. The summed E-state index contributed by atoms with van der Waals surface area (Å²) in [7, 11) is 0. The van der Waals surface area contributed by atoms with Crippen molar-refractivity contribution in [1.29, 1.82) is 0 Å². The molecule has 1 aromatic rings. The van der Waals surface area contributed by atoms with Crippen LogP contribution in [0.1, 0.15) is 18.9 Å². The minimum absolute atomic E-state index is 0.334. The Morgan fingerprint density at radius 1 is 1.50 bits per heavy atom. The Balaban J connectivity index is 2.51. The number of ether oxygens (including phenoxy) is 1. The molecule has 1 N–H and O–H groups in total. The lowest BCUT2D eigenvalue weighted by atomic mass is 10.2. The van der Waals surface area contributed by atoms with Crippen molar-refractivity contribution in [2.75, 3.05) is 6.61 Å². The number of rotatable bonds is 4. The number of halogens is 1. The Kier molecular flexibility index (Phi) is 4.23. The summed E-state index contributed by atoms with van der Waals surface area (Å²) < 4.78 is 5.41. The van der Waals surface area contributed by atoms with E-state index < -0.39 is 0 Å². The van der Waals surface area contributed by atoms with Crippen molar-refractivity contribution in [1.82, 2.24) is 0 Å². The van der Waals surface area contributed by atoms with Gasteiger partial charge in [0.1, 0.15) is 5.75 Å². The molecule has 0 amide bonds. The Morgan fingerprint density at radius 3 is 2.79 bits per heavy atom. The topological polar surface area (TPSA) is 29.5 Å². The van der Waals surface area contributed by atoms with Crippen LogP contribution in [-0.4, -0.2) is 17.8 Å². The van der Waals surface area contributed by atoms with Crippen LogP contribution >= 0.6 is 11.6 Å². The van der Waals surface area contributed by atoms with Gasteiger partial charge < -0.3 is 9.84 Å². The number of hydrogen-bond acceptors (Lipinski definition) is 2. The van der Waals surface area contributed by atoms with Gasteiger partial charge in [0, 0.05) is 6.42 Å². The molecule has 2 nitrogen and oxygen atoms in total. The van der Waals surface area contributed by atoms with E-state index in [-0.39, 0.29) is 6.10 Å². The maximum atomic E-state index is 9.03. The van der Waals surface area contributed by atoms with E-state index in [1.54, 1.807) is 6.92 Å². The van der Waals surface area contributed by atoms with Crippen LogP contribution in [0, 0.1) is 6.92 Å². The van der Waals surface area contributed by atoms with E-state index in [1.165, 1.54) is 0 Å². The molecule has 0 aliphatic rings. The molecule has 0 aliphatic heterocycles. The zero-order chi connectivity index (χ0) is 10.6. The molecule has 0 spiro atoms. The van der Waals surface area contributed by atoms with Crippen LogP contribution in [-0.2, 0) is 0 Å². The smallest absolute Gasteiger partial charge is 0.137 e. The third-order valence-corrected chi connectivity index (χ3v) is 2.18. The molecular weight excluding hydrogens is 200 g/mol. The zero-order valence-corrected chi connectivity index (χ0v) is 9.21. The van der Waals surface area contributed by atoms with Crippen molar-refractivity contribution in [3.63, 3.8) is 0 Å². The Hall–Kier alpha value is -0.730. The summed E-state index contributed by atoms with van der Waals surface area (Å²) in [6.45, 7) is 4.20. The van der Waals surface area contributed by atoms with E-state index >= 15 is 0 Å². The number of hydrogen-bond donors (Lipinski definition) is 1. The highest BCUT2D eigenvalue weighted by Gasteiger charge is 2.02. The molecule has 0 aliphatic carbocycles. The molecule has 3 heteroatoms. The minimum Gasteiger partial charge on any atom is -0.492 e. The molecule has 1 unspecified atom stereocenters. The summed E-state index contributed by atoms with van der Waals surface area (Å²) in [4.78, 5) is 0. The van der Waals surface area contributed by atoms with E-state index in [2.05, 4.69) is 0 Å². The van der Waals surface area contributed by atoms with Gasteiger partial charge in [-0.15, -0.1) is 0 Å². The molecule has 1 atom stereocenters. The fourth-order valence-corrected chi connectivity index (χ4v) is 1.35. The van der Waals surface area contributed by atoms with Gasteiger partial charge in [-0.2, -0.15) is 0 Å². The Bertz CT molecular complexity index is 297. The van der Waals surface area contributed by atoms with E-state index in [1.807, 2.05) is 25.1 Å². The molecule has 0 radical (unpaired) electrons. The lowest BCUT2D eigenvalue weighted by Crippen LogP contribution is -2.07. The van der Waals surface area contributed by atoms with Gasteiger partial charge in [-0.3, -0.25) is 0 Å². The predicted molar refractivity (Wildman–Crippen MR) is 58.0 cm³/mol. The van der Waals surface area contributed by atoms with E-state index in [0.29, 0.717) is 23.8 Å². The highest BCUT2D eigenvalue weighted by molar-refractivity contribution is 6.32. The molecule has 0 aromatic heterocycles. The summed E-state index contributed by atoms with van der Waals surface area (Å²) in [6, 6.07) is 5.66. The fourth-order valence-electron chi connectivity index (χ4n) is 1.06. The Morgan fingerprint density at radius 2 is 2.21 bits per heavy atom. The van der Waals surface area contributed by atoms with Gasteiger partial charge in [0.25, 0.3) is 0 Å². The first-order chi connectivity index (χ1) is 6.59. The van der Waals surface area contributed by atoms with Crippen molar-refractivity contribution in [2.45, 2.75) is 26.4 Å². The molecule has 1 rings (SSSR count). The lowest BCUT2D eigenvalue weighted by Gasteiger charge is -2.09. The van der Waals surface area contributed by atoms with Gasteiger partial charge in [0.05, 0.1) is 17.7 Å². The minimum atomic E-state index is -0.334. The third kappa shape index (κ3) is 3.56. The van der Waals surface area contributed by atoms with Gasteiger partial charge in [-0.05, 0) is 31.5 Å². The quantitative estimate of drug-likeness (QED) is 0.835. The van der Waals surface area contributed by atoms with Gasteiger partial charge in [-0.25, -0.2) is 0 Å². The van der Waals surface area contributed by atoms with Crippen molar-refractivity contribution < 1.29 is 9.84 Å². The van der Waals surface area contributed by atoms with Crippen molar-refractivity contribution in [3.05, 3.63) is 28.8 Å². The summed E-state index contributed by atoms with van der Waals surface area (Å²) in [5.41, 5.74) is 1.11. The second kappa shape index (κ2) is 5.23. The highest BCUT2D eigenvalue weighted by atomic mass is 35.5. The first kappa shape index (κ1) is 11.3. The van der Waals surface area contributed by atoms with Crippen LogP contribution in [0.5, 0.6) is 5.75 Å². The summed E-state index contributed by atoms with van der Waals surface area (Å²) in [5, 5.41) is 9.65. The van der Waals surface area contributed by atoms with E-state index in [0.717, 1.165) is 5.56 Å². The fraction of sp³-hybridized carbons (Fsp3) is 0.455. The van der Waals surface area contributed by atoms with Gasteiger partial charge >= 0.3 is 0 Å². The van der Waals surface area contributed by atoms with Gasteiger partial charge in [-0.1, -0.05) is 17.7 Å². The second-order valence-electron chi connectivity index (χ2n) is 3.42. The maximum absolute atomic E-state index is 9.03. The van der Waals surface area contributed by atoms with Crippen LogP contribution < -0.4 is 4.74 Å². The van der Waals surface area contributed by atoms with Crippen LogP contribution in [0.2, 0.25) is 5.02 Å². The molecule has 0 saturated carbocycles. The molecule has 0 saturated heterocycles. The first-order valence-corrected chi connectivity index (χ1v) is 5.04. The molecule has 1 aromatic carbocycles. The average molecular weight is 215 g/mol. The molecule has 0 bridgehead atoms. The summed E-state index contributed by atoms with van der Waals surface area (Å²) >= 11 is 5.96. The van der Waals surface area contributed by atoms with Crippen molar-refractivity contribution in [3.8, 4) is 5.75 Å². The Labute approximate surface area is 89.5 Å². The molecule has 0 fully saturated rings. The van der Waals surface area contributed by atoms with Gasteiger partial charge in [0.2, 0.25) is 0 Å². The standard InChI is InChI=1S/C11H15ClO2/c1-8-3-4-11(10(12)7-8)14-6-5-9(2)13/h3-4,7,9,13H,5-6H2,1-2H3. The largest absolute Gasteiger partial charge is 0.492 e. The summed E-state index contributed by atoms with van der Waals surface area (Å²) in [6.07, 6.45) is 0.281. The number of benzene rings is 1. The maximum Gasteiger partial charge on any atom is 0.137 e. The van der Waals surface area contributed by atoms with Crippen LogP contribution in [0.3, 0.4) is 0 Å². The summed E-state index contributed by atoms with van der Waals surface area (Å²) in [5.74, 6) is 0.679. The second-order valence-corrected chi connectivity index (χ2v) is 3.83. The lowest BCUT2D eigenvalue weighted by molar-refractivity contribution is 0.155. The SMILES string of the molecule is Cc1ccc(OCCC(C)O)c(Cl)c1. The van der Waals surface area contributed by atoms with Crippen molar-refractivity contribution >= 4 is 11.6 Å². The normalized spacial score (nSPS) is 12.6. The number of aliphatic hydroxyl groups is 1. The molecule has 0 heterocycles. The molecule has 14 heavy (non-hydrogen) atoms. The van der Waals surface area contributed by atoms with Crippen LogP contribution in [0.15, 0.2) is 18.2 Å².